The van der Waals surface area contributed by atoms with Gasteiger partial charge in [-0.1, -0.05) is 0 Å². The van der Waals surface area contributed by atoms with Gasteiger partial charge in [0.1, 0.15) is 18.3 Å². The molecule has 0 amide bonds. The second kappa shape index (κ2) is 7.14. The highest BCUT2D eigenvalue weighted by Gasteiger charge is 2.46. The number of aromatic amines is 1. The Morgan fingerprint density at radius 2 is 1.93 bits per heavy atom. The van der Waals surface area contributed by atoms with Crippen molar-refractivity contribution >= 4 is 26.8 Å². The van der Waals surface area contributed by atoms with Gasteiger partial charge in [0.25, 0.3) is 5.56 Å². The Labute approximate surface area is 149 Å². The molecule has 2 aromatic rings. The maximum Gasteiger partial charge on any atom is 0.481 e. The lowest BCUT2D eigenvalue weighted by atomic mass is 10.1. The average molecular weight is 428 g/mol. The lowest BCUT2D eigenvalue weighted by Gasteiger charge is -2.17. The zero-order valence-electron chi connectivity index (χ0n) is 13.1. The normalized spacial score (nSPS) is 28.5. The van der Waals surface area contributed by atoms with Gasteiger partial charge in [0, 0.05) is 0 Å². The molecule has 15 nitrogen and oxygen atoms in total. The molecule has 3 rings (SSSR count). The fourth-order valence-electron chi connectivity index (χ4n) is 2.47. The summed E-state index contributed by atoms with van der Waals surface area (Å²) < 4.78 is 36.6. The summed E-state index contributed by atoms with van der Waals surface area (Å²) in [6.45, 7) is -0.844. The van der Waals surface area contributed by atoms with E-state index in [1.165, 1.54) is 4.57 Å². The molecule has 0 spiro atoms. The fraction of sp³-hybridized carbons (Fsp3) is 0.500. The van der Waals surface area contributed by atoms with Crippen molar-refractivity contribution in [3.8, 4) is 0 Å². The number of hydrogen-bond acceptors (Lipinski definition) is 10. The number of phosphoric acid groups is 2. The summed E-state index contributed by atoms with van der Waals surface area (Å²) >= 11 is 0. The van der Waals surface area contributed by atoms with Crippen LogP contribution in [0.4, 0.5) is 0 Å². The third kappa shape index (κ3) is 4.33. The number of aliphatic hydroxyl groups excluding tert-OH is 2. The van der Waals surface area contributed by atoms with Crippen LogP contribution >= 0.6 is 15.6 Å². The number of aromatic nitrogens is 4. The van der Waals surface area contributed by atoms with Gasteiger partial charge < -0.3 is 34.6 Å². The van der Waals surface area contributed by atoms with E-state index >= 15 is 0 Å². The summed E-state index contributed by atoms with van der Waals surface area (Å²) in [5.41, 5.74) is -0.533. The van der Waals surface area contributed by atoms with Crippen molar-refractivity contribution in [2.75, 3.05) is 6.61 Å². The van der Waals surface area contributed by atoms with Crippen LogP contribution in [-0.4, -0.2) is 69.3 Å². The molecule has 0 aliphatic carbocycles. The molecule has 1 aliphatic rings. The van der Waals surface area contributed by atoms with E-state index in [-0.39, 0.29) is 11.2 Å². The first-order valence-electron chi connectivity index (χ1n) is 7.14. The van der Waals surface area contributed by atoms with Gasteiger partial charge in [-0.3, -0.25) is 13.9 Å². The Morgan fingerprint density at radius 1 is 1.22 bits per heavy atom. The Balaban J connectivity index is 1.76. The summed E-state index contributed by atoms with van der Waals surface area (Å²) in [5.74, 6) is 0. The first kappa shape index (κ1) is 20.2. The van der Waals surface area contributed by atoms with Crippen LogP contribution in [0.25, 0.3) is 11.2 Å². The molecule has 1 aliphatic heterocycles. The standard InChI is InChI=1S/C10H14N4O11P2/c15-6-4(1-23-27(21,22)25-26(18,19)20)24-10(7(6)16)14-3-13-5-8(14)11-2-12-9(5)17/h2-4,6-7,10,15-16H,1H2,(H,21,22)(H,11,12,17)(H2,18,19,20)/t4-,6+,7+,10-/m0/s1. The largest absolute Gasteiger partial charge is 0.481 e. The molecular formula is C10H14N4O11P2. The van der Waals surface area contributed by atoms with Gasteiger partial charge in [0.15, 0.2) is 17.4 Å². The zero-order chi connectivity index (χ0) is 20.0. The van der Waals surface area contributed by atoms with E-state index in [0.29, 0.717) is 0 Å². The van der Waals surface area contributed by atoms with E-state index in [4.69, 9.17) is 14.5 Å². The molecule has 150 valence electrons. The Kier molecular flexibility index (Phi) is 5.35. The van der Waals surface area contributed by atoms with Crippen LogP contribution < -0.4 is 5.56 Å². The van der Waals surface area contributed by atoms with E-state index in [2.05, 4.69) is 23.8 Å². The number of imidazole rings is 1. The van der Waals surface area contributed by atoms with Crippen LogP contribution in [0.3, 0.4) is 0 Å². The number of aliphatic hydroxyl groups is 2. The second-order valence-corrected chi connectivity index (χ2v) is 8.27. The summed E-state index contributed by atoms with van der Waals surface area (Å²) in [6, 6.07) is 0. The molecular weight excluding hydrogens is 414 g/mol. The van der Waals surface area contributed by atoms with Crippen molar-refractivity contribution in [1.82, 2.24) is 19.5 Å². The van der Waals surface area contributed by atoms with Gasteiger partial charge in [0.05, 0.1) is 19.3 Å². The zero-order valence-corrected chi connectivity index (χ0v) is 14.9. The predicted molar refractivity (Wildman–Crippen MR) is 83.0 cm³/mol. The van der Waals surface area contributed by atoms with Crippen molar-refractivity contribution in [1.29, 1.82) is 0 Å². The molecule has 5 atom stereocenters. The number of fused-ring (bicyclic) bond motifs is 1. The third-order valence-electron chi connectivity index (χ3n) is 3.59. The maximum atomic E-state index is 11.7. The Hall–Kier alpha value is -1.51. The molecule has 0 bridgehead atoms. The van der Waals surface area contributed by atoms with Crippen molar-refractivity contribution < 1.29 is 47.6 Å². The molecule has 0 saturated carbocycles. The lowest BCUT2D eigenvalue weighted by Crippen LogP contribution is -2.33. The van der Waals surface area contributed by atoms with Gasteiger partial charge in [-0.25, -0.2) is 19.1 Å². The number of rotatable bonds is 6. The molecule has 6 N–H and O–H groups in total. The number of phosphoric ester groups is 1. The Morgan fingerprint density at radius 3 is 2.59 bits per heavy atom. The predicted octanol–water partition coefficient (Wildman–Crippen LogP) is -2.03. The topological polar surface area (TPSA) is 227 Å². The number of H-pyrrole nitrogens is 1. The summed E-state index contributed by atoms with van der Waals surface area (Å²) in [6.07, 6.45) is -3.56. The summed E-state index contributed by atoms with van der Waals surface area (Å²) in [5, 5.41) is 20.2. The quantitative estimate of drug-likeness (QED) is 0.273. The molecule has 0 aromatic carbocycles. The monoisotopic (exact) mass is 428 g/mol. The van der Waals surface area contributed by atoms with Crippen molar-refractivity contribution in [3.63, 3.8) is 0 Å². The van der Waals surface area contributed by atoms with Crippen molar-refractivity contribution in [2.24, 2.45) is 0 Å². The number of ether oxygens (including phenoxy) is 1. The van der Waals surface area contributed by atoms with Crippen LogP contribution in [-0.2, 0) is 22.7 Å². The highest BCUT2D eigenvalue weighted by molar-refractivity contribution is 7.60. The van der Waals surface area contributed by atoms with Gasteiger partial charge in [-0.15, -0.1) is 0 Å². The number of nitrogens with zero attached hydrogens (tertiary/aromatic N) is 3. The highest BCUT2D eigenvalue weighted by atomic mass is 31.3. The molecule has 1 fully saturated rings. The minimum atomic E-state index is -5.30. The number of nitrogens with one attached hydrogen (secondary N) is 1. The first-order chi connectivity index (χ1) is 12.5. The third-order valence-corrected chi connectivity index (χ3v) is 5.74. The molecule has 1 unspecified atom stereocenters. The van der Waals surface area contributed by atoms with Gasteiger partial charge in [-0.2, -0.15) is 4.31 Å². The van der Waals surface area contributed by atoms with E-state index in [0.717, 1.165) is 12.7 Å². The van der Waals surface area contributed by atoms with E-state index in [1.807, 2.05) is 0 Å². The van der Waals surface area contributed by atoms with Crippen LogP contribution in [0, 0.1) is 0 Å². The van der Waals surface area contributed by atoms with Crippen molar-refractivity contribution in [3.05, 3.63) is 23.0 Å². The van der Waals surface area contributed by atoms with Crippen LogP contribution in [0.15, 0.2) is 17.4 Å². The second-order valence-electron chi connectivity index (χ2n) is 5.44. The van der Waals surface area contributed by atoms with Crippen LogP contribution in [0.5, 0.6) is 0 Å². The van der Waals surface area contributed by atoms with Crippen LogP contribution in [0.1, 0.15) is 6.23 Å². The van der Waals surface area contributed by atoms with Crippen LogP contribution in [0.2, 0.25) is 0 Å². The average Bonchev–Trinajstić information content (AvgIpc) is 3.07. The van der Waals surface area contributed by atoms with E-state index in [9.17, 15) is 29.0 Å². The summed E-state index contributed by atoms with van der Waals surface area (Å²) in [7, 11) is -10.5. The number of hydrogen-bond donors (Lipinski definition) is 6. The molecule has 1 saturated heterocycles. The fourth-order valence-corrected chi connectivity index (χ4v) is 4.07. The van der Waals surface area contributed by atoms with E-state index in [1.54, 1.807) is 0 Å². The van der Waals surface area contributed by atoms with Gasteiger partial charge >= 0.3 is 15.6 Å². The van der Waals surface area contributed by atoms with Gasteiger partial charge in [0.2, 0.25) is 0 Å². The lowest BCUT2D eigenvalue weighted by molar-refractivity contribution is -0.0503. The molecule has 3 heterocycles. The molecule has 0 radical (unpaired) electrons. The van der Waals surface area contributed by atoms with Crippen molar-refractivity contribution in [2.45, 2.75) is 24.5 Å². The molecule has 2 aromatic heterocycles. The highest BCUT2D eigenvalue weighted by Crippen LogP contribution is 2.57. The van der Waals surface area contributed by atoms with E-state index < -0.39 is 52.4 Å². The summed E-state index contributed by atoms with van der Waals surface area (Å²) in [4.78, 5) is 48.0. The molecule has 27 heavy (non-hydrogen) atoms. The first-order valence-corrected chi connectivity index (χ1v) is 10.2. The maximum absolute atomic E-state index is 11.7. The molecule has 17 heteroatoms. The minimum absolute atomic E-state index is 0.0441. The minimum Gasteiger partial charge on any atom is -0.387 e. The van der Waals surface area contributed by atoms with Gasteiger partial charge in [-0.05, 0) is 0 Å². The smallest absolute Gasteiger partial charge is 0.387 e. The Bertz CT molecular complexity index is 985. The SMILES string of the molecule is O=c1[nH]cnc2c1ncn2[C@H]1O[C@@H](COP(=O)(O)OP(=O)(O)O)[C@@H](O)[C@H]1O.